The van der Waals surface area contributed by atoms with E-state index in [0.29, 0.717) is 0 Å². The zero-order chi connectivity index (χ0) is 18.4. The van der Waals surface area contributed by atoms with Crippen LogP contribution in [0.25, 0.3) is 5.65 Å². The molecule has 2 aromatic heterocycles. The molecule has 0 spiro atoms. The SMILES string of the molecule is O=[N+]([O-])c1cnc2ccc(N3CC(F)C[C@@H]3c3cc(F)ccc3F)nn12. The summed E-state index contributed by atoms with van der Waals surface area (Å²) in [7, 11) is 0. The zero-order valence-corrected chi connectivity index (χ0v) is 13.2. The highest BCUT2D eigenvalue weighted by atomic mass is 19.1. The van der Waals surface area contributed by atoms with E-state index in [9.17, 15) is 23.3 Å². The van der Waals surface area contributed by atoms with Crippen LogP contribution in [0.2, 0.25) is 0 Å². The molecule has 10 heteroatoms. The number of fused-ring (bicyclic) bond motifs is 1. The summed E-state index contributed by atoms with van der Waals surface area (Å²) in [5.41, 5.74) is 0.275. The molecule has 134 valence electrons. The number of halogens is 3. The van der Waals surface area contributed by atoms with Gasteiger partial charge in [0.05, 0.1) is 12.6 Å². The van der Waals surface area contributed by atoms with E-state index >= 15 is 0 Å². The fraction of sp³-hybridized carbons (Fsp3) is 0.250. The Morgan fingerprint density at radius 3 is 2.81 bits per heavy atom. The Hall–Kier alpha value is -3.17. The topological polar surface area (TPSA) is 76.6 Å². The highest BCUT2D eigenvalue weighted by molar-refractivity contribution is 5.51. The third-order valence-electron chi connectivity index (χ3n) is 4.38. The summed E-state index contributed by atoms with van der Waals surface area (Å²) in [6.45, 7) is -0.0817. The zero-order valence-electron chi connectivity index (χ0n) is 13.2. The van der Waals surface area contributed by atoms with E-state index < -0.39 is 28.8 Å². The third kappa shape index (κ3) is 2.63. The van der Waals surface area contributed by atoms with Crippen molar-refractivity contribution in [1.29, 1.82) is 0 Å². The molecular formula is C16H12F3N5O2. The highest BCUT2D eigenvalue weighted by Gasteiger charge is 2.36. The van der Waals surface area contributed by atoms with Gasteiger partial charge in [0, 0.05) is 18.1 Å². The number of benzene rings is 1. The van der Waals surface area contributed by atoms with Crippen molar-refractivity contribution >= 4 is 17.3 Å². The standard InChI is InChI=1S/C16H12F3N5O2/c17-9-1-2-12(19)11(5-9)13-6-10(18)8-22(13)15-4-3-14-20-7-16(24(25)26)23(14)21-15/h1-5,7,10,13H,6,8H2/t10?,13-/m1/s1. The van der Waals surface area contributed by atoms with Crippen LogP contribution >= 0.6 is 0 Å². The summed E-state index contributed by atoms with van der Waals surface area (Å²) in [6, 6.07) is 5.26. The predicted molar refractivity (Wildman–Crippen MR) is 85.6 cm³/mol. The van der Waals surface area contributed by atoms with Gasteiger partial charge in [0.15, 0.2) is 5.82 Å². The first-order chi connectivity index (χ1) is 12.4. The monoisotopic (exact) mass is 363 g/mol. The van der Waals surface area contributed by atoms with Crippen molar-refractivity contribution in [2.24, 2.45) is 0 Å². The number of hydrogen-bond donors (Lipinski definition) is 0. The van der Waals surface area contributed by atoms with Gasteiger partial charge < -0.3 is 15.0 Å². The molecule has 4 rings (SSSR count). The van der Waals surface area contributed by atoms with Crippen molar-refractivity contribution in [3.8, 4) is 0 Å². The van der Waals surface area contributed by atoms with Gasteiger partial charge in [-0.3, -0.25) is 0 Å². The molecular weight excluding hydrogens is 351 g/mol. The Morgan fingerprint density at radius 2 is 2.04 bits per heavy atom. The maximum absolute atomic E-state index is 14.2. The van der Waals surface area contributed by atoms with Crippen molar-refractivity contribution < 1.29 is 18.1 Å². The van der Waals surface area contributed by atoms with E-state index in [1.807, 2.05) is 0 Å². The molecule has 1 saturated heterocycles. The van der Waals surface area contributed by atoms with Gasteiger partial charge in [-0.05, 0) is 29.2 Å². The summed E-state index contributed by atoms with van der Waals surface area (Å²) in [6.07, 6.45) is -0.234. The lowest BCUT2D eigenvalue weighted by Crippen LogP contribution is -2.26. The first kappa shape index (κ1) is 16.3. The lowest BCUT2D eigenvalue weighted by molar-refractivity contribution is -0.391. The van der Waals surface area contributed by atoms with E-state index in [-0.39, 0.29) is 35.8 Å². The van der Waals surface area contributed by atoms with Crippen LogP contribution in [0.5, 0.6) is 0 Å². The van der Waals surface area contributed by atoms with E-state index in [1.54, 1.807) is 0 Å². The quantitative estimate of drug-likeness (QED) is 0.528. The Morgan fingerprint density at radius 1 is 1.23 bits per heavy atom. The lowest BCUT2D eigenvalue weighted by Gasteiger charge is -2.25. The van der Waals surface area contributed by atoms with E-state index in [4.69, 9.17) is 0 Å². The molecule has 0 aliphatic carbocycles. The average Bonchev–Trinajstić information content (AvgIpc) is 3.19. The molecule has 3 aromatic rings. The number of nitrogens with zero attached hydrogens (tertiary/aromatic N) is 5. The first-order valence-corrected chi connectivity index (χ1v) is 7.79. The van der Waals surface area contributed by atoms with Crippen molar-refractivity contribution in [3.05, 3.63) is 63.8 Å². The first-order valence-electron chi connectivity index (χ1n) is 7.79. The number of aromatic nitrogens is 3. The second kappa shape index (κ2) is 5.97. The molecule has 1 aliphatic heterocycles. The molecule has 2 atom stereocenters. The maximum atomic E-state index is 14.2. The largest absolute Gasteiger partial charge is 0.368 e. The molecule has 7 nitrogen and oxygen atoms in total. The fourth-order valence-electron chi connectivity index (χ4n) is 3.23. The molecule has 0 bridgehead atoms. The molecule has 26 heavy (non-hydrogen) atoms. The van der Waals surface area contributed by atoms with Gasteiger partial charge in [-0.15, -0.1) is 0 Å². The second-order valence-electron chi connectivity index (χ2n) is 6.00. The minimum atomic E-state index is -1.27. The smallest absolute Gasteiger partial charge is 0.358 e. The minimum absolute atomic E-state index is 0.0205. The third-order valence-corrected chi connectivity index (χ3v) is 4.38. The van der Waals surface area contributed by atoms with Gasteiger partial charge in [-0.25, -0.2) is 18.2 Å². The number of hydrogen-bond acceptors (Lipinski definition) is 5. The van der Waals surface area contributed by atoms with Crippen LogP contribution in [-0.4, -0.2) is 32.2 Å². The maximum Gasteiger partial charge on any atom is 0.368 e. The van der Waals surface area contributed by atoms with Gasteiger partial charge >= 0.3 is 5.82 Å². The van der Waals surface area contributed by atoms with Crippen LogP contribution in [-0.2, 0) is 0 Å². The van der Waals surface area contributed by atoms with Crippen molar-refractivity contribution in [2.75, 3.05) is 11.4 Å². The normalized spacial score (nSPS) is 20.0. The van der Waals surface area contributed by atoms with Gasteiger partial charge in [-0.2, -0.15) is 0 Å². The highest BCUT2D eigenvalue weighted by Crippen LogP contribution is 2.38. The van der Waals surface area contributed by atoms with Gasteiger partial charge in [-0.1, -0.05) is 9.61 Å². The van der Waals surface area contributed by atoms with Gasteiger partial charge in [0.1, 0.15) is 24.0 Å². The van der Waals surface area contributed by atoms with Crippen LogP contribution in [0.1, 0.15) is 18.0 Å². The van der Waals surface area contributed by atoms with Gasteiger partial charge in [0.2, 0.25) is 5.65 Å². The number of imidazole rings is 1. The molecule has 1 fully saturated rings. The van der Waals surface area contributed by atoms with Crippen LogP contribution < -0.4 is 4.90 Å². The summed E-state index contributed by atoms with van der Waals surface area (Å²) in [5, 5.41) is 15.2. The summed E-state index contributed by atoms with van der Waals surface area (Å²) < 4.78 is 42.8. The van der Waals surface area contributed by atoms with E-state index in [2.05, 4.69) is 10.1 Å². The molecule has 0 amide bonds. The summed E-state index contributed by atoms with van der Waals surface area (Å²) in [4.78, 5) is 15.8. The minimum Gasteiger partial charge on any atom is -0.358 e. The van der Waals surface area contributed by atoms with Crippen LogP contribution in [0.4, 0.5) is 24.8 Å². The average molecular weight is 363 g/mol. The lowest BCUT2D eigenvalue weighted by atomic mass is 10.0. The molecule has 1 unspecified atom stereocenters. The number of rotatable bonds is 3. The molecule has 0 radical (unpaired) electrons. The Bertz CT molecular complexity index is 1010. The fourth-order valence-corrected chi connectivity index (χ4v) is 3.23. The molecule has 0 N–H and O–H groups in total. The number of anilines is 1. The van der Waals surface area contributed by atoms with Crippen LogP contribution in [0, 0.1) is 21.7 Å². The Balaban J connectivity index is 1.80. The molecule has 1 aromatic carbocycles. The summed E-state index contributed by atoms with van der Waals surface area (Å²) in [5.74, 6) is -1.40. The second-order valence-corrected chi connectivity index (χ2v) is 6.00. The summed E-state index contributed by atoms with van der Waals surface area (Å²) >= 11 is 0. The van der Waals surface area contributed by atoms with Crippen molar-refractivity contribution in [2.45, 2.75) is 18.6 Å². The molecule has 3 heterocycles. The van der Waals surface area contributed by atoms with Crippen LogP contribution in [0.15, 0.2) is 36.5 Å². The Labute approximate surface area is 144 Å². The Kier molecular flexibility index (Phi) is 3.74. The number of alkyl halides is 1. The van der Waals surface area contributed by atoms with Crippen molar-refractivity contribution in [3.63, 3.8) is 0 Å². The molecule has 0 saturated carbocycles. The van der Waals surface area contributed by atoms with Gasteiger partial charge in [0.25, 0.3) is 0 Å². The van der Waals surface area contributed by atoms with E-state index in [1.165, 1.54) is 17.0 Å². The van der Waals surface area contributed by atoms with E-state index in [0.717, 1.165) is 28.9 Å². The number of nitro groups is 1. The van der Waals surface area contributed by atoms with Crippen LogP contribution in [0.3, 0.4) is 0 Å². The predicted octanol–water partition coefficient (Wildman–Crippen LogP) is 3.21. The molecule has 1 aliphatic rings. The van der Waals surface area contributed by atoms with Crippen molar-refractivity contribution in [1.82, 2.24) is 14.6 Å².